The van der Waals surface area contributed by atoms with Crippen molar-refractivity contribution < 1.29 is 9.84 Å². The van der Waals surface area contributed by atoms with Crippen molar-refractivity contribution >= 4 is 0 Å². The standard InChI is InChI=1S/C15H29NO2/c1-3-18-14-12-13(16(2)10-7-11-17)15(14)8-5-4-6-9-15/h13-14,17H,3-12H2,1-2H3. The summed E-state index contributed by atoms with van der Waals surface area (Å²) < 4.78 is 5.98. The first kappa shape index (κ1) is 14.3. The van der Waals surface area contributed by atoms with E-state index in [1.165, 1.54) is 38.5 Å². The predicted octanol–water partition coefficient (Wildman–Crippen LogP) is 2.43. The van der Waals surface area contributed by atoms with Gasteiger partial charge in [-0.1, -0.05) is 19.3 Å². The van der Waals surface area contributed by atoms with Gasteiger partial charge in [0.15, 0.2) is 0 Å². The SMILES string of the molecule is CCOC1CC(N(C)CCCO)C12CCCCC2. The van der Waals surface area contributed by atoms with Crippen molar-refractivity contribution in [1.29, 1.82) is 0 Å². The summed E-state index contributed by atoms with van der Waals surface area (Å²) in [5.74, 6) is 0. The van der Waals surface area contributed by atoms with Crippen LogP contribution < -0.4 is 0 Å². The van der Waals surface area contributed by atoms with E-state index in [9.17, 15) is 0 Å². The van der Waals surface area contributed by atoms with Crippen LogP contribution in [0.5, 0.6) is 0 Å². The molecule has 0 amide bonds. The topological polar surface area (TPSA) is 32.7 Å². The zero-order chi connectivity index (χ0) is 13.0. The number of aliphatic hydroxyl groups excluding tert-OH is 1. The molecule has 106 valence electrons. The second-order valence-electron chi connectivity index (χ2n) is 6.05. The lowest BCUT2D eigenvalue weighted by Crippen LogP contribution is -2.64. The van der Waals surface area contributed by atoms with Crippen LogP contribution in [-0.4, -0.2) is 49.0 Å². The Morgan fingerprint density at radius 1 is 1.28 bits per heavy atom. The fourth-order valence-corrected chi connectivity index (χ4v) is 4.12. The predicted molar refractivity (Wildman–Crippen MR) is 73.7 cm³/mol. The van der Waals surface area contributed by atoms with E-state index in [1.54, 1.807) is 0 Å². The van der Waals surface area contributed by atoms with Gasteiger partial charge in [-0.15, -0.1) is 0 Å². The minimum Gasteiger partial charge on any atom is -0.396 e. The fraction of sp³-hybridized carbons (Fsp3) is 1.00. The number of rotatable bonds is 6. The number of hydrogen-bond acceptors (Lipinski definition) is 3. The maximum atomic E-state index is 8.97. The van der Waals surface area contributed by atoms with Gasteiger partial charge in [0, 0.05) is 31.2 Å². The summed E-state index contributed by atoms with van der Waals surface area (Å²) in [6.45, 7) is 4.28. The Balaban J connectivity index is 1.98. The Bertz CT molecular complexity index is 251. The Morgan fingerprint density at radius 3 is 2.61 bits per heavy atom. The molecule has 0 bridgehead atoms. The highest BCUT2D eigenvalue weighted by molar-refractivity contribution is 5.09. The first-order valence-corrected chi connectivity index (χ1v) is 7.67. The lowest BCUT2D eigenvalue weighted by molar-refractivity contribution is -0.178. The van der Waals surface area contributed by atoms with Gasteiger partial charge in [-0.25, -0.2) is 0 Å². The second kappa shape index (κ2) is 6.36. The molecule has 0 aromatic carbocycles. The first-order chi connectivity index (χ1) is 8.74. The van der Waals surface area contributed by atoms with Crippen molar-refractivity contribution in [2.75, 3.05) is 26.8 Å². The smallest absolute Gasteiger partial charge is 0.0661 e. The maximum absolute atomic E-state index is 8.97. The second-order valence-corrected chi connectivity index (χ2v) is 6.05. The van der Waals surface area contributed by atoms with Crippen molar-refractivity contribution in [3.05, 3.63) is 0 Å². The van der Waals surface area contributed by atoms with E-state index in [4.69, 9.17) is 9.84 Å². The molecule has 0 aromatic heterocycles. The van der Waals surface area contributed by atoms with Crippen molar-refractivity contribution in [3.8, 4) is 0 Å². The summed E-state index contributed by atoms with van der Waals surface area (Å²) in [5.41, 5.74) is 0.429. The van der Waals surface area contributed by atoms with Crippen molar-refractivity contribution in [2.24, 2.45) is 5.41 Å². The summed E-state index contributed by atoms with van der Waals surface area (Å²) in [6.07, 6.45) is 9.38. The molecule has 1 spiro atoms. The summed E-state index contributed by atoms with van der Waals surface area (Å²) in [7, 11) is 2.22. The van der Waals surface area contributed by atoms with Gasteiger partial charge in [0.25, 0.3) is 0 Å². The summed E-state index contributed by atoms with van der Waals surface area (Å²) in [6, 6.07) is 0.681. The van der Waals surface area contributed by atoms with Crippen LogP contribution in [0.15, 0.2) is 0 Å². The molecule has 0 aliphatic heterocycles. The Labute approximate surface area is 112 Å². The van der Waals surface area contributed by atoms with Gasteiger partial charge in [0.1, 0.15) is 0 Å². The van der Waals surface area contributed by atoms with Gasteiger partial charge in [-0.05, 0) is 39.7 Å². The Morgan fingerprint density at radius 2 is 2.00 bits per heavy atom. The molecule has 18 heavy (non-hydrogen) atoms. The van der Waals surface area contributed by atoms with Gasteiger partial charge < -0.3 is 14.7 Å². The Kier molecular flexibility index (Phi) is 5.05. The van der Waals surface area contributed by atoms with Gasteiger partial charge in [-0.3, -0.25) is 0 Å². The zero-order valence-corrected chi connectivity index (χ0v) is 12.0. The quantitative estimate of drug-likeness (QED) is 0.791. The summed E-state index contributed by atoms with van der Waals surface area (Å²) in [5, 5.41) is 8.97. The van der Waals surface area contributed by atoms with E-state index in [0.29, 0.717) is 24.2 Å². The van der Waals surface area contributed by atoms with Crippen LogP contribution in [-0.2, 0) is 4.74 Å². The van der Waals surface area contributed by atoms with Crippen LogP contribution in [0.1, 0.15) is 51.9 Å². The number of aliphatic hydroxyl groups is 1. The highest BCUT2D eigenvalue weighted by atomic mass is 16.5. The lowest BCUT2D eigenvalue weighted by Gasteiger charge is -2.60. The molecular weight excluding hydrogens is 226 g/mol. The van der Waals surface area contributed by atoms with E-state index in [0.717, 1.165) is 19.6 Å². The number of hydrogen-bond donors (Lipinski definition) is 1. The highest BCUT2D eigenvalue weighted by Gasteiger charge is 2.56. The van der Waals surface area contributed by atoms with Crippen LogP contribution in [0.2, 0.25) is 0 Å². The average Bonchev–Trinajstić information content (AvgIpc) is 2.41. The summed E-state index contributed by atoms with van der Waals surface area (Å²) >= 11 is 0. The minimum absolute atomic E-state index is 0.305. The molecule has 3 heteroatoms. The van der Waals surface area contributed by atoms with Gasteiger partial charge in [-0.2, -0.15) is 0 Å². The third kappa shape index (κ3) is 2.59. The molecule has 2 rings (SSSR count). The van der Waals surface area contributed by atoms with Gasteiger partial charge >= 0.3 is 0 Å². The fourth-order valence-electron chi connectivity index (χ4n) is 4.12. The zero-order valence-electron chi connectivity index (χ0n) is 12.0. The molecule has 2 saturated carbocycles. The molecule has 0 aromatic rings. The molecule has 0 saturated heterocycles. The molecule has 2 aliphatic carbocycles. The largest absolute Gasteiger partial charge is 0.396 e. The number of ether oxygens (including phenoxy) is 1. The molecule has 2 unspecified atom stereocenters. The lowest BCUT2D eigenvalue weighted by atomic mass is 9.54. The molecule has 2 aliphatic rings. The van der Waals surface area contributed by atoms with Gasteiger partial charge in [0.2, 0.25) is 0 Å². The highest BCUT2D eigenvalue weighted by Crippen LogP contribution is 2.55. The van der Waals surface area contributed by atoms with Crippen molar-refractivity contribution in [3.63, 3.8) is 0 Å². The molecule has 0 radical (unpaired) electrons. The minimum atomic E-state index is 0.305. The average molecular weight is 255 g/mol. The van der Waals surface area contributed by atoms with Crippen LogP contribution in [0, 0.1) is 5.41 Å². The van der Waals surface area contributed by atoms with E-state index >= 15 is 0 Å². The third-order valence-electron chi connectivity index (χ3n) is 5.10. The molecule has 2 fully saturated rings. The molecule has 2 atom stereocenters. The van der Waals surface area contributed by atoms with Crippen LogP contribution in [0.3, 0.4) is 0 Å². The maximum Gasteiger partial charge on any atom is 0.0661 e. The third-order valence-corrected chi connectivity index (χ3v) is 5.10. The van der Waals surface area contributed by atoms with Crippen LogP contribution in [0.4, 0.5) is 0 Å². The monoisotopic (exact) mass is 255 g/mol. The van der Waals surface area contributed by atoms with Crippen LogP contribution >= 0.6 is 0 Å². The number of nitrogens with zero attached hydrogens (tertiary/aromatic N) is 1. The molecule has 0 heterocycles. The summed E-state index contributed by atoms with van der Waals surface area (Å²) in [4.78, 5) is 2.47. The van der Waals surface area contributed by atoms with Crippen LogP contribution in [0.25, 0.3) is 0 Å². The molecule has 1 N–H and O–H groups in total. The Hall–Kier alpha value is -0.120. The molecular formula is C15H29NO2. The van der Waals surface area contributed by atoms with E-state index in [2.05, 4.69) is 18.9 Å². The first-order valence-electron chi connectivity index (χ1n) is 7.67. The normalized spacial score (nSPS) is 30.7. The van der Waals surface area contributed by atoms with E-state index in [-0.39, 0.29) is 0 Å². The van der Waals surface area contributed by atoms with E-state index < -0.39 is 0 Å². The van der Waals surface area contributed by atoms with E-state index in [1.807, 2.05) is 0 Å². The van der Waals surface area contributed by atoms with Crippen molar-refractivity contribution in [1.82, 2.24) is 4.90 Å². The molecule has 3 nitrogen and oxygen atoms in total. The van der Waals surface area contributed by atoms with Crippen molar-refractivity contribution in [2.45, 2.75) is 64.0 Å². The van der Waals surface area contributed by atoms with Gasteiger partial charge in [0.05, 0.1) is 6.10 Å².